The fourth-order valence-corrected chi connectivity index (χ4v) is 3.03. The number of ether oxygens (including phenoxy) is 1. The van der Waals surface area contributed by atoms with Gasteiger partial charge in [0.1, 0.15) is 11.5 Å². The fraction of sp³-hybridized carbons (Fsp3) is 0.667. The molecule has 6 nitrogen and oxygen atoms in total. The van der Waals surface area contributed by atoms with Gasteiger partial charge in [0.25, 0.3) is 0 Å². The van der Waals surface area contributed by atoms with Crippen LogP contribution in [0.1, 0.15) is 68.8 Å². The van der Waals surface area contributed by atoms with E-state index >= 15 is 0 Å². The summed E-state index contributed by atoms with van der Waals surface area (Å²) in [6, 6.07) is 4.09. The van der Waals surface area contributed by atoms with Crippen LogP contribution < -0.4 is 5.32 Å². The lowest BCUT2D eigenvalue weighted by Gasteiger charge is -2.28. The second-order valence-electron chi connectivity index (χ2n) is 6.68. The first-order chi connectivity index (χ1) is 11.7. The Balaban J connectivity index is 1.73. The van der Waals surface area contributed by atoms with E-state index in [-0.39, 0.29) is 12.0 Å². The second kappa shape index (κ2) is 7.94. The van der Waals surface area contributed by atoms with Gasteiger partial charge in [0.05, 0.1) is 12.6 Å². The van der Waals surface area contributed by atoms with E-state index in [1.54, 1.807) is 0 Å². The summed E-state index contributed by atoms with van der Waals surface area (Å²) in [7, 11) is 0. The molecule has 1 fully saturated rings. The molecule has 3 heterocycles. The molecule has 1 aliphatic heterocycles. The molecule has 1 saturated heterocycles. The van der Waals surface area contributed by atoms with Gasteiger partial charge >= 0.3 is 0 Å². The highest BCUT2D eigenvalue weighted by Gasteiger charge is 2.30. The number of aryl methyl sites for hydroxylation is 1. The third kappa shape index (κ3) is 4.05. The summed E-state index contributed by atoms with van der Waals surface area (Å²) in [5.41, 5.74) is 0. The van der Waals surface area contributed by atoms with Gasteiger partial charge in [-0.05, 0) is 30.9 Å². The predicted octanol–water partition coefficient (Wildman–Crippen LogP) is 3.61. The van der Waals surface area contributed by atoms with Crippen molar-refractivity contribution in [3.05, 3.63) is 35.4 Å². The zero-order valence-corrected chi connectivity index (χ0v) is 14.7. The Morgan fingerprint density at radius 1 is 1.21 bits per heavy atom. The molecule has 1 aliphatic rings. The monoisotopic (exact) mass is 333 g/mol. The van der Waals surface area contributed by atoms with Crippen molar-refractivity contribution < 1.29 is 13.7 Å². The van der Waals surface area contributed by atoms with Gasteiger partial charge in [-0.2, -0.15) is 4.98 Å². The van der Waals surface area contributed by atoms with E-state index in [1.807, 2.05) is 12.1 Å². The summed E-state index contributed by atoms with van der Waals surface area (Å²) in [5.74, 6) is 4.07. The van der Waals surface area contributed by atoms with Crippen LogP contribution in [-0.4, -0.2) is 23.4 Å². The molecule has 3 rings (SSSR count). The van der Waals surface area contributed by atoms with Gasteiger partial charge in [-0.15, -0.1) is 0 Å². The Hall–Kier alpha value is -1.66. The van der Waals surface area contributed by atoms with Crippen molar-refractivity contribution in [2.45, 2.75) is 58.5 Å². The Labute approximate surface area is 143 Å². The molecule has 0 bridgehead atoms. The molecule has 1 N–H and O–H groups in total. The molecule has 1 atom stereocenters. The summed E-state index contributed by atoms with van der Waals surface area (Å²) in [5, 5.41) is 7.69. The third-order valence-corrected chi connectivity index (χ3v) is 4.54. The Kier molecular flexibility index (Phi) is 5.68. The Morgan fingerprint density at radius 3 is 2.58 bits per heavy atom. The lowest BCUT2D eigenvalue weighted by Crippen LogP contribution is -2.32. The molecule has 2 aromatic heterocycles. The van der Waals surface area contributed by atoms with E-state index in [1.165, 1.54) is 0 Å². The largest absolute Gasteiger partial charge is 0.465 e. The summed E-state index contributed by atoms with van der Waals surface area (Å²) in [4.78, 5) is 4.61. The van der Waals surface area contributed by atoms with E-state index in [9.17, 15) is 0 Å². The van der Waals surface area contributed by atoms with Gasteiger partial charge in [0.15, 0.2) is 5.82 Å². The number of nitrogens with zero attached hydrogens (tertiary/aromatic N) is 2. The maximum absolute atomic E-state index is 5.80. The molecular formula is C18H27N3O3. The highest BCUT2D eigenvalue weighted by molar-refractivity contribution is 5.07. The number of rotatable bonds is 7. The van der Waals surface area contributed by atoms with E-state index in [0.717, 1.165) is 49.8 Å². The van der Waals surface area contributed by atoms with Crippen LogP contribution in [0.3, 0.4) is 0 Å². The Bertz CT molecular complexity index is 629. The molecule has 0 radical (unpaired) electrons. The van der Waals surface area contributed by atoms with Crippen molar-refractivity contribution in [3.8, 4) is 0 Å². The first kappa shape index (κ1) is 17.2. The molecule has 132 valence electrons. The highest BCUT2D eigenvalue weighted by atomic mass is 16.5. The minimum Gasteiger partial charge on any atom is -0.465 e. The van der Waals surface area contributed by atoms with Gasteiger partial charge in [-0.3, -0.25) is 5.32 Å². The van der Waals surface area contributed by atoms with Crippen LogP contribution in [0.2, 0.25) is 0 Å². The van der Waals surface area contributed by atoms with Crippen molar-refractivity contribution in [1.29, 1.82) is 0 Å². The van der Waals surface area contributed by atoms with Crippen LogP contribution in [0.25, 0.3) is 0 Å². The van der Waals surface area contributed by atoms with Gasteiger partial charge in [-0.25, -0.2) is 0 Å². The molecule has 6 heteroatoms. The van der Waals surface area contributed by atoms with Crippen LogP contribution in [0, 0.1) is 5.92 Å². The zero-order chi connectivity index (χ0) is 16.9. The zero-order valence-electron chi connectivity index (χ0n) is 14.7. The summed E-state index contributed by atoms with van der Waals surface area (Å²) < 4.78 is 16.9. The van der Waals surface area contributed by atoms with Crippen LogP contribution >= 0.6 is 0 Å². The van der Waals surface area contributed by atoms with Crippen molar-refractivity contribution in [3.63, 3.8) is 0 Å². The average Bonchev–Trinajstić information content (AvgIpc) is 3.25. The number of hydrogen-bond acceptors (Lipinski definition) is 6. The molecule has 1 unspecified atom stereocenters. The van der Waals surface area contributed by atoms with E-state index in [0.29, 0.717) is 18.4 Å². The lowest BCUT2D eigenvalue weighted by atomic mass is 9.91. The van der Waals surface area contributed by atoms with Crippen molar-refractivity contribution >= 4 is 0 Å². The third-order valence-electron chi connectivity index (χ3n) is 4.54. The summed E-state index contributed by atoms with van der Waals surface area (Å²) in [6.07, 6.45) is 2.90. The molecule has 0 aliphatic carbocycles. The maximum Gasteiger partial charge on any atom is 0.244 e. The van der Waals surface area contributed by atoms with Gasteiger partial charge in [0, 0.05) is 25.6 Å². The Morgan fingerprint density at radius 2 is 1.96 bits per heavy atom. The van der Waals surface area contributed by atoms with Crippen LogP contribution in [0.15, 0.2) is 21.1 Å². The minimum absolute atomic E-state index is 0.0316. The van der Waals surface area contributed by atoms with Crippen molar-refractivity contribution in [2.24, 2.45) is 5.92 Å². The summed E-state index contributed by atoms with van der Waals surface area (Å²) in [6.45, 7) is 8.46. The average molecular weight is 333 g/mol. The van der Waals surface area contributed by atoms with E-state index < -0.39 is 0 Å². The van der Waals surface area contributed by atoms with Crippen LogP contribution in [0.4, 0.5) is 0 Å². The van der Waals surface area contributed by atoms with Gasteiger partial charge in [0.2, 0.25) is 5.89 Å². The van der Waals surface area contributed by atoms with Crippen molar-refractivity contribution in [1.82, 2.24) is 15.5 Å². The van der Waals surface area contributed by atoms with Crippen LogP contribution in [-0.2, 0) is 17.7 Å². The molecule has 0 amide bonds. The predicted molar refractivity (Wildman–Crippen MR) is 89.6 cm³/mol. The van der Waals surface area contributed by atoms with Gasteiger partial charge < -0.3 is 13.7 Å². The molecule has 0 aromatic carbocycles. The number of nitrogens with one attached hydrogen (secondary N) is 1. The van der Waals surface area contributed by atoms with Gasteiger partial charge in [-0.1, -0.05) is 25.9 Å². The maximum atomic E-state index is 5.80. The number of aromatic nitrogens is 2. The van der Waals surface area contributed by atoms with Crippen molar-refractivity contribution in [2.75, 3.05) is 13.2 Å². The fourth-order valence-electron chi connectivity index (χ4n) is 3.03. The lowest BCUT2D eigenvalue weighted by molar-refractivity contribution is 0.0482. The van der Waals surface area contributed by atoms with E-state index in [4.69, 9.17) is 13.7 Å². The first-order valence-corrected chi connectivity index (χ1v) is 8.89. The number of hydrogen-bond donors (Lipinski definition) is 1. The molecule has 2 aromatic rings. The quantitative estimate of drug-likeness (QED) is 0.834. The highest BCUT2D eigenvalue weighted by Crippen LogP contribution is 2.30. The molecule has 0 spiro atoms. The minimum atomic E-state index is 0.0316. The smallest absolute Gasteiger partial charge is 0.244 e. The summed E-state index contributed by atoms with van der Waals surface area (Å²) >= 11 is 0. The van der Waals surface area contributed by atoms with Crippen LogP contribution in [0.5, 0.6) is 0 Å². The molecule has 24 heavy (non-hydrogen) atoms. The first-order valence-electron chi connectivity index (χ1n) is 8.89. The topological polar surface area (TPSA) is 73.3 Å². The van der Waals surface area contributed by atoms with E-state index in [2.05, 4.69) is 36.2 Å². The SMILES string of the molecule is CCc1ccc(CNC(c2nc(C(C)C)no2)C2CCOCC2)o1. The molecular weight excluding hydrogens is 306 g/mol. The standard InChI is InChI=1S/C18H27N3O3/c1-4-14-5-6-15(23-14)11-19-16(13-7-9-22-10-8-13)18-20-17(12(2)3)21-24-18/h5-6,12-13,16,19H,4,7-11H2,1-3H3. The molecule has 0 saturated carbocycles. The number of furan rings is 1. The second-order valence-corrected chi connectivity index (χ2v) is 6.68. The normalized spacial score (nSPS) is 17.5.